The van der Waals surface area contributed by atoms with Crippen LogP contribution in [-0.4, -0.2) is 14.8 Å². The Morgan fingerprint density at radius 2 is 1.75 bits per heavy atom. The number of hydrogen-bond donors (Lipinski definition) is 1. The summed E-state index contributed by atoms with van der Waals surface area (Å²) in [6.45, 7) is 1.91. The van der Waals surface area contributed by atoms with Gasteiger partial charge < -0.3 is 5.32 Å². The number of nitrogens with one attached hydrogen (secondary N) is 1. The molecule has 8 nitrogen and oxygen atoms in total. The van der Waals surface area contributed by atoms with Crippen molar-refractivity contribution in [2.75, 3.05) is 5.32 Å². The molecule has 0 unspecified atom stereocenters. The van der Waals surface area contributed by atoms with E-state index < -0.39 is 21.2 Å². The highest BCUT2D eigenvalue weighted by Gasteiger charge is 2.21. The van der Waals surface area contributed by atoms with Gasteiger partial charge in [-0.1, -0.05) is 17.7 Å². The third-order valence-electron chi connectivity index (χ3n) is 2.57. The molecule has 0 aliphatic carbocycles. The molecule has 1 aromatic heterocycles. The third kappa shape index (κ3) is 2.86. The molecule has 1 aromatic carbocycles. The molecule has 1 heterocycles. The lowest BCUT2D eigenvalue weighted by Crippen LogP contribution is -2.01. The van der Waals surface area contributed by atoms with Crippen molar-refractivity contribution in [3.05, 3.63) is 62.3 Å². The average molecular weight is 274 g/mol. The predicted molar refractivity (Wildman–Crippen MR) is 72.0 cm³/mol. The summed E-state index contributed by atoms with van der Waals surface area (Å²) in [6.07, 6.45) is 0.976. The zero-order valence-electron chi connectivity index (χ0n) is 10.4. The van der Waals surface area contributed by atoms with E-state index in [2.05, 4.69) is 10.3 Å². The SMILES string of the molecule is Cc1ccc(Nc2ncc([N+](=O)[O-])cc2[N+](=O)[O-])cc1. The minimum absolute atomic E-state index is 0.0375. The summed E-state index contributed by atoms with van der Waals surface area (Å²) in [6, 6.07) is 8.02. The minimum atomic E-state index is -0.727. The van der Waals surface area contributed by atoms with Gasteiger partial charge in [0.25, 0.3) is 5.69 Å². The summed E-state index contributed by atoms with van der Waals surface area (Å²) in [4.78, 5) is 23.9. The van der Waals surface area contributed by atoms with Gasteiger partial charge in [-0.05, 0) is 19.1 Å². The largest absolute Gasteiger partial charge is 0.334 e. The third-order valence-corrected chi connectivity index (χ3v) is 2.57. The van der Waals surface area contributed by atoms with Crippen LogP contribution in [0.4, 0.5) is 22.9 Å². The van der Waals surface area contributed by atoms with Crippen molar-refractivity contribution in [3.63, 3.8) is 0 Å². The summed E-state index contributed by atoms with van der Waals surface area (Å²) in [5.41, 5.74) is 0.785. The molecular weight excluding hydrogens is 264 g/mol. The van der Waals surface area contributed by atoms with E-state index in [0.717, 1.165) is 17.8 Å². The maximum Gasteiger partial charge on any atom is 0.318 e. The van der Waals surface area contributed by atoms with Crippen LogP contribution in [0.25, 0.3) is 0 Å². The molecule has 8 heteroatoms. The van der Waals surface area contributed by atoms with Gasteiger partial charge in [0.15, 0.2) is 0 Å². The van der Waals surface area contributed by atoms with Crippen LogP contribution in [0.15, 0.2) is 36.5 Å². The van der Waals surface area contributed by atoms with Crippen molar-refractivity contribution in [1.29, 1.82) is 0 Å². The molecular formula is C12H10N4O4. The van der Waals surface area contributed by atoms with E-state index in [1.165, 1.54) is 0 Å². The Bertz CT molecular complexity index is 670. The first kappa shape index (κ1) is 13.4. The van der Waals surface area contributed by atoms with E-state index in [1.807, 2.05) is 19.1 Å². The van der Waals surface area contributed by atoms with Gasteiger partial charge in [0.05, 0.1) is 15.9 Å². The lowest BCUT2D eigenvalue weighted by Gasteiger charge is -2.06. The first-order chi connectivity index (χ1) is 9.47. The van der Waals surface area contributed by atoms with Gasteiger partial charge in [-0.3, -0.25) is 20.2 Å². The molecule has 0 fully saturated rings. The molecule has 2 rings (SSSR count). The molecule has 0 aliphatic heterocycles. The number of rotatable bonds is 4. The summed E-state index contributed by atoms with van der Waals surface area (Å²) >= 11 is 0. The normalized spacial score (nSPS) is 10.1. The fourth-order valence-corrected chi connectivity index (χ4v) is 1.55. The molecule has 0 aliphatic rings. The molecule has 2 aromatic rings. The molecule has 1 N–H and O–H groups in total. The van der Waals surface area contributed by atoms with Gasteiger partial charge in [-0.25, -0.2) is 4.98 Å². The second-order valence-corrected chi connectivity index (χ2v) is 4.07. The first-order valence-electron chi connectivity index (χ1n) is 5.60. The van der Waals surface area contributed by atoms with E-state index in [-0.39, 0.29) is 5.82 Å². The quantitative estimate of drug-likeness (QED) is 0.677. The standard InChI is InChI=1S/C12H10N4O4/c1-8-2-4-9(5-3-8)14-12-11(16(19)20)6-10(7-13-12)15(17)18/h2-7H,1H3,(H,13,14). The second kappa shape index (κ2) is 5.31. The lowest BCUT2D eigenvalue weighted by molar-refractivity contribution is -0.394. The average Bonchev–Trinajstić information content (AvgIpc) is 2.41. The fourth-order valence-electron chi connectivity index (χ4n) is 1.55. The van der Waals surface area contributed by atoms with Crippen LogP contribution in [0, 0.1) is 27.2 Å². The molecule has 0 spiro atoms. The van der Waals surface area contributed by atoms with Gasteiger partial charge >= 0.3 is 5.69 Å². The number of nitro groups is 2. The van der Waals surface area contributed by atoms with Gasteiger partial charge in [-0.2, -0.15) is 0 Å². The van der Waals surface area contributed by atoms with Gasteiger partial charge in [0.2, 0.25) is 5.82 Å². The fraction of sp³-hybridized carbons (Fsp3) is 0.0833. The predicted octanol–water partition coefficient (Wildman–Crippen LogP) is 2.95. The molecule has 0 bridgehead atoms. The number of pyridine rings is 1. The first-order valence-corrected chi connectivity index (χ1v) is 5.60. The summed E-state index contributed by atoms with van der Waals surface area (Å²) in [5, 5.41) is 24.3. The van der Waals surface area contributed by atoms with Crippen LogP contribution < -0.4 is 5.32 Å². The van der Waals surface area contributed by atoms with Gasteiger partial charge in [-0.15, -0.1) is 0 Å². The maximum atomic E-state index is 10.9. The maximum absolute atomic E-state index is 10.9. The van der Waals surface area contributed by atoms with E-state index in [4.69, 9.17) is 0 Å². The zero-order valence-corrected chi connectivity index (χ0v) is 10.4. The van der Waals surface area contributed by atoms with Crippen molar-refractivity contribution >= 4 is 22.9 Å². The summed E-state index contributed by atoms with van der Waals surface area (Å²) < 4.78 is 0. The van der Waals surface area contributed by atoms with Crippen LogP contribution >= 0.6 is 0 Å². The summed E-state index contributed by atoms with van der Waals surface area (Å²) in [7, 11) is 0. The van der Waals surface area contributed by atoms with Crippen LogP contribution in [0.5, 0.6) is 0 Å². The Morgan fingerprint density at radius 1 is 1.10 bits per heavy atom. The van der Waals surface area contributed by atoms with E-state index in [1.54, 1.807) is 12.1 Å². The molecule has 0 atom stereocenters. The Hall–Kier alpha value is -3.03. The van der Waals surface area contributed by atoms with Crippen molar-refractivity contribution in [2.24, 2.45) is 0 Å². The smallest absolute Gasteiger partial charge is 0.318 e. The number of benzene rings is 1. The van der Waals surface area contributed by atoms with Crippen LogP contribution in [0.2, 0.25) is 0 Å². The molecule has 20 heavy (non-hydrogen) atoms. The molecule has 0 saturated carbocycles. The Balaban J connectivity index is 2.38. The molecule has 0 radical (unpaired) electrons. The Kier molecular flexibility index (Phi) is 3.56. The number of aromatic nitrogens is 1. The van der Waals surface area contributed by atoms with Crippen LogP contribution in [0.1, 0.15) is 5.56 Å². The number of aryl methyl sites for hydroxylation is 1. The zero-order chi connectivity index (χ0) is 14.7. The second-order valence-electron chi connectivity index (χ2n) is 4.07. The Morgan fingerprint density at radius 3 is 2.30 bits per heavy atom. The van der Waals surface area contributed by atoms with Crippen molar-refractivity contribution in [3.8, 4) is 0 Å². The van der Waals surface area contributed by atoms with Crippen LogP contribution in [-0.2, 0) is 0 Å². The number of nitrogens with zero attached hydrogens (tertiary/aromatic N) is 3. The van der Waals surface area contributed by atoms with Gasteiger partial charge in [0, 0.05) is 5.69 Å². The molecule has 102 valence electrons. The van der Waals surface area contributed by atoms with Gasteiger partial charge in [0.1, 0.15) is 6.20 Å². The highest BCUT2D eigenvalue weighted by molar-refractivity contribution is 5.67. The lowest BCUT2D eigenvalue weighted by atomic mass is 10.2. The monoisotopic (exact) mass is 274 g/mol. The highest BCUT2D eigenvalue weighted by atomic mass is 16.6. The van der Waals surface area contributed by atoms with Crippen molar-refractivity contribution < 1.29 is 9.85 Å². The molecule has 0 saturated heterocycles. The highest BCUT2D eigenvalue weighted by Crippen LogP contribution is 2.28. The van der Waals surface area contributed by atoms with Crippen molar-refractivity contribution in [1.82, 2.24) is 4.98 Å². The van der Waals surface area contributed by atoms with Crippen molar-refractivity contribution in [2.45, 2.75) is 6.92 Å². The Labute approximate surface area is 113 Å². The number of anilines is 2. The van der Waals surface area contributed by atoms with E-state index in [0.29, 0.717) is 5.69 Å². The van der Waals surface area contributed by atoms with E-state index >= 15 is 0 Å². The number of hydrogen-bond acceptors (Lipinski definition) is 6. The summed E-state index contributed by atoms with van der Waals surface area (Å²) in [5.74, 6) is -0.0375. The van der Waals surface area contributed by atoms with E-state index in [9.17, 15) is 20.2 Å². The molecule has 0 amide bonds. The van der Waals surface area contributed by atoms with Crippen LogP contribution in [0.3, 0.4) is 0 Å². The topological polar surface area (TPSA) is 111 Å². The minimum Gasteiger partial charge on any atom is -0.334 e.